The van der Waals surface area contributed by atoms with E-state index in [0.717, 1.165) is 22.1 Å². The van der Waals surface area contributed by atoms with Crippen molar-refractivity contribution in [2.45, 2.75) is 39.5 Å². The minimum Gasteiger partial charge on any atom is -0.350 e. The molecule has 0 fully saturated rings. The van der Waals surface area contributed by atoms with Crippen LogP contribution in [-0.2, 0) is 30.5 Å². The van der Waals surface area contributed by atoms with Gasteiger partial charge in [-0.1, -0.05) is 49.4 Å². The molecule has 2 aromatic carbocycles. The number of nitrogens with one attached hydrogen (secondary N) is 1. The van der Waals surface area contributed by atoms with E-state index in [1.54, 1.807) is 12.1 Å². The molecule has 1 N–H and O–H groups in total. The van der Waals surface area contributed by atoms with E-state index >= 15 is 0 Å². The Bertz CT molecular complexity index is 1390. The maximum Gasteiger partial charge on any atom is 0.417 e. The van der Waals surface area contributed by atoms with Crippen LogP contribution in [0.1, 0.15) is 29.3 Å². The highest BCUT2D eigenvalue weighted by atomic mass is 19.4. The van der Waals surface area contributed by atoms with Crippen molar-refractivity contribution in [3.05, 3.63) is 93.4 Å². The van der Waals surface area contributed by atoms with E-state index in [1.807, 2.05) is 49.4 Å². The number of rotatable bonds is 6. The number of pyridine rings is 1. The summed E-state index contributed by atoms with van der Waals surface area (Å²) in [4.78, 5) is 25.5. The van der Waals surface area contributed by atoms with Gasteiger partial charge in [0.15, 0.2) is 0 Å². The fourth-order valence-corrected chi connectivity index (χ4v) is 3.88. The topological polar surface area (TPSA) is 68.9 Å². The first-order chi connectivity index (χ1) is 16.2. The second kappa shape index (κ2) is 9.17. The van der Waals surface area contributed by atoms with E-state index < -0.39 is 29.8 Å². The summed E-state index contributed by atoms with van der Waals surface area (Å²) in [5.41, 5.74) is 0.441. The van der Waals surface area contributed by atoms with Crippen LogP contribution in [0, 0.1) is 6.92 Å². The Kier molecular flexibility index (Phi) is 6.28. The molecule has 0 saturated heterocycles. The highest BCUT2D eigenvalue weighted by molar-refractivity contribution is 5.86. The molecule has 0 aliphatic carbocycles. The first-order valence-electron chi connectivity index (χ1n) is 10.8. The van der Waals surface area contributed by atoms with Crippen LogP contribution in [0.25, 0.3) is 16.7 Å². The summed E-state index contributed by atoms with van der Waals surface area (Å²) in [6.07, 6.45) is -3.96. The maximum absolute atomic E-state index is 13.8. The number of carbonyl (C=O) groups is 1. The predicted octanol–water partition coefficient (Wildman–Crippen LogP) is 4.39. The molecule has 4 aromatic rings. The van der Waals surface area contributed by atoms with Gasteiger partial charge in [-0.25, -0.2) is 4.68 Å². The van der Waals surface area contributed by atoms with Crippen molar-refractivity contribution in [2.24, 2.45) is 0 Å². The molecule has 1 amide bonds. The average Bonchev–Trinajstić information content (AvgIpc) is 3.16. The number of hydrogen-bond donors (Lipinski definition) is 1. The Labute approximate surface area is 193 Å². The molecule has 4 rings (SSSR count). The van der Waals surface area contributed by atoms with Crippen LogP contribution in [0.4, 0.5) is 13.2 Å². The largest absolute Gasteiger partial charge is 0.417 e. The van der Waals surface area contributed by atoms with Crippen molar-refractivity contribution in [3.63, 3.8) is 0 Å². The average molecular weight is 468 g/mol. The van der Waals surface area contributed by atoms with Gasteiger partial charge in [-0.2, -0.15) is 18.3 Å². The summed E-state index contributed by atoms with van der Waals surface area (Å²) < 4.78 is 43.8. The Hall–Kier alpha value is -3.88. The molecule has 0 bridgehead atoms. The van der Waals surface area contributed by atoms with E-state index in [-0.39, 0.29) is 23.3 Å². The van der Waals surface area contributed by atoms with Gasteiger partial charge in [0.1, 0.15) is 12.2 Å². The number of nitrogens with zero attached hydrogens (tertiary/aromatic N) is 3. The van der Waals surface area contributed by atoms with Crippen LogP contribution >= 0.6 is 0 Å². The lowest BCUT2D eigenvalue weighted by molar-refractivity contribution is -0.136. The standard InChI is InChI=1S/C25H23F3N4O2/c1-3-17-9-11-19(12-10-17)32-24-23(16(2)30-32)20(25(26,27)28)13-22(34)31(24)15-21(33)29-14-18-7-5-4-6-8-18/h4-13H,3,14-15H2,1-2H3,(H,29,33). The van der Waals surface area contributed by atoms with E-state index in [1.165, 1.54) is 11.6 Å². The molecule has 0 atom stereocenters. The molecule has 6 nitrogen and oxygen atoms in total. The number of alkyl halides is 3. The predicted molar refractivity (Wildman–Crippen MR) is 123 cm³/mol. The number of benzene rings is 2. The van der Waals surface area contributed by atoms with Crippen LogP contribution < -0.4 is 10.9 Å². The van der Waals surface area contributed by atoms with Gasteiger partial charge >= 0.3 is 6.18 Å². The minimum atomic E-state index is -4.75. The number of amides is 1. The van der Waals surface area contributed by atoms with Crippen LogP contribution in [0.2, 0.25) is 0 Å². The quantitative estimate of drug-likeness (QED) is 0.456. The van der Waals surface area contributed by atoms with Crippen molar-refractivity contribution in [3.8, 4) is 5.69 Å². The number of aryl methyl sites for hydroxylation is 2. The van der Waals surface area contributed by atoms with Crippen LogP contribution in [-0.4, -0.2) is 20.3 Å². The molecule has 0 saturated carbocycles. The second-order valence-corrected chi connectivity index (χ2v) is 7.96. The second-order valence-electron chi connectivity index (χ2n) is 7.96. The van der Waals surface area contributed by atoms with Gasteiger partial charge in [0.25, 0.3) is 5.56 Å². The highest BCUT2D eigenvalue weighted by Crippen LogP contribution is 2.36. The third kappa shape index (κ3) is 4.59. The van der Waals surface area contributed by atoms with Gasteiger partial charge in [-0.05, 0) is 36.6 Å². The fourth-order valence-electron chi connectivity index (χ4n) is 3.88. The van der Waals surface area contributed by atoms with Gasteiger partial charge in [0, 0.05) is 12.6 Å². The number of aromatic nitrogens is 3. The van der Waals surface area contributed by atoms with Crippen molar-refractivity contribution in [2.75, 3.05) is 0 Å². The molecule has 0 aliphatic rings. The van der Waals surface area contributed by atoms with Crippen molar-refractivity contribution < 1.29 is 18.0 Å². The first kappa shape index (κ1) is 23.3. The smallest absolute Gasteiger partial charge is 0.350 e. The summed E-state index contributed by atoms with van der Waals surface area (Å²) >= 11 is 0. The molecule has 2 heterocycles. The molecule has 9 heteroatoms. The maximum atomic E-state index is 13.8. The summed E-state index contributed by atoms with van der Waals surface area (Å²) in [5, 5.41) is 6.83. The molecule has 0 radical (unpaired) electrons. The monoisotopic (exact) mass is 468 g/mol. The molecule has 0 spiro atoms. The normalized spacial score (nSPS) is 11.7. The van der Waals surface area contributed by atoms with Crippen LogP contribution in [0.15, 0.2) is 65.5 Å². The van der Waals surface area contributed by atoms with Gasteiger partial charge in [0.2, 0.25) is 5.91 Å². The first-order valence-corrected chi connectivity index (χ1v) is 10.8. The van der Waals surface area contributed by atoms with Crippen LogP contribution in [0.3, 0.4) is 0 Å². The molecule has 2 aromatic heterocycles. The summed E-state index contributed by atoms with van der Waals surface area (Å²) in [6.45, 7) is 3.23. The Morgan fingerprint density at radius 3 is 2.32 bits per heavy atom. The number of fused-ring (bicyclic) bond motifs is 1. The molecular formula is C25H23F3N4O2. The molecule has 176 valence electrons. The molecular weight excluding hydrogens is 445 g/mol. The number of hydrogen-bond acceptors (Lipinski definition) is 3. The highest BCUT2D eigenvalue weighted by Gasteiger charge is 2.36. The lowest BCUT2D eigenvalue weighted by atomic mass is 10.1. The van der Waals surface area contributed by atoms with Crippen molar-refractivity contribution >= 4 is 16.9 Å². The van der Waals surface area contributed by atoms with Gasteiger partial charge in [0.05, 0.1) is 22.3 Å². The zero-order chi connectivity index (χ0) is 24.5. The molecule has 0 unspecified atom stereocenters. The lowest BCUT2D eigenvalue weighted by Gasteiger charge is -2.15. The molecule has 34 heavy (non-hydrogen) atoms. The SMILES string of the molecule is CCc1ccc(-n2nc(C)c3c(C(F)(F)F)cc(=O)n(CC(=O)NCc4ccccc4)c32)cc1. The zero-order valence-corrected chi connectivity index (χ0v) is 18.7. The van der Waals surface area contributed by atoms with Crippen molar-refractivity contribution in [1.82, 2.24) is 19.7 Å². The molecule has 0 aliphatic heterocycles. The number of carbonyl (C=O) groups excluding carboxylic acids is 1. The Balaban J connectivity index is 1.82. The third-order valence-electron chi connectivity index (χ3n) is 5.62. The van der Waals surface area contributed by atoms with E-state index in [2.05, 4.69) is 10.4 Å². The summed E-state index contributed by atoms with van der Waals surface area (Å²) in [5.74, 6) is -0.501. The lowest BCUT2D eigenvalue weighted by Crippen LogP contribution is -2.33. The van der Waals surface area contributed by atoms with Crippen molar-refractivity contribution in [1.29, 1.82) is 0 Å². The summed E-state index contributed by atoms with van der Waals surface area (Å²) in [7, 11) is 0. The zero-order valence-electron chi connectivity index (χ0n) is 18.7. The summed E-state index contributed by atoms with van der Waals surface area (Å²) in [6, 6.07) is 16.9. The van der Waals surface area contributed by atoms with E-state index in [4.69, 9.17) is 0 Å². The minimum absolute atomic E-state index is 0.0727. The van der Waals surface area contributed by atoms with E-state index in [9.17, 15) is 22.8 Å². The van der Waals surface area contributed by atoms with E-state index in [0.29, 0.717) is 11.8 Å². The van der Waals surface area contributed by atoms with Gasteiger partial charge in [-0.3, -0.25) is 14.2 Å². The fraction of sp³-hybridized carbons (Fsp3) is 0.240. The third-order valence-corrected chi connectivity index (χ3v) is 5.62. The Morgan fingerprint density at radius 1 is 1.03 bits per heavy atom. The van der Waals surface area contributed by atoms with Gasteiger partial charge in [-0.15, -0.1) is 0 Å². The Morgan fingerprint density at radius 2 is 1.71 bits per heavy atom. The number of halogens is 3. The van der Waals surface area contributed by atoms with Crippen LogP contribution in [0.5, 0.6) is 0 Å². The van der Waals surface area contributed by atoms with Gasteiger partial charge < -0.3 is 5.32 Å².